The van der Waals surface area contributed by atoms with Crippen molar-refractivity contribution in [1.29, 1.82) is 0 Å². The van der Waals surface area contributed by atoms with Crippen molar-refractivity contribution in [3.63, 3.8) is 0 Å². The summed E-state index contributed by atoms with van der Waals surface area (Å²) in [5, 5.41) is 53.8. The minimum atomic E-state index is -1.90. The second kappa shape index (κ2) is 37.3. The largest absolute Gasteiger partial charge is 0.508 e. The van der Waals surface area contributed by atoms with E-state index in [1.165, 1.54) is 24.3 Å². The Balaban J connectivity index is 1.57. The van der Waals surface area contributed by atoms with Gasteiger partial charge in [-0.15, -0.1) is 0 Å². The number of carboxylic acid groups (broad SMARTS) is 1. The number of para-hydroxylation sites is 1. The number of phenolic OH excluding ortho intramolecular Hbond substituents is 1. The van der Waals surface area contributed by atoms with Crippen molar-refractivity contribution < 1.29 is 72.9 Å². The lowest BCUT2D eigenvalue weighted by molar-refractivity contribution is -0.142. The number of hydrogen-bond donors (Lipinski definition) is 19. The van der Waals surface area contributed by atoms with E-state index in [9.17, 15) is 72.9 Å². The molecule has 11 amide bonds. The first-order chi connectivity index (χ1) is 42.8. The van der Waals surface area contributed by atoms with Crippen LogP contribution < -0.4 is 70.8 Å². The molecule has 0 saturated heterocycles. The molecule has 4 aromatic rings. The maximum absolute atomic E-state index is 14.7. The van der Waals surface area contributed by atoms with Gasteiger partial charge in [0.05, 0.1) is 19.1 Å². The van der Waals surface area contributed by atoms with Crippen LogP contribution in [0, 0.1) is 5.92 Å². The van der Waals surface area contributed by atoms with Gasteiger partial charge in [0.2, 0.25) is 65.0 Å². The Morgan fingerprint density at radius 2 is 1.02 bits per heavy atom. The number of rotatable bonds is 39. The number of nitrogens with two attached hydrogens (primary N) is 4. The van der Waals surface area contributed by atoms with E-state index >= 15 is 0 Å². The molecule has 0 spiro atoms. The van der Waals surface area contributed by atoms with Gasteiger partial charge >= 0.3 is 5.97 Å². The molecule has 0 fully saturated rings. The lowest BCUT2D eigenvalue weighted by atomic mass is 9.97. The maximum Gasteiger partial charge on any atom is 0.326 e. The van der Waals surface area contributed by atoms with Crippen LogP contribution in [-0.4, -0.2) is 176 Å². The average molecular weight is 1290 g/mol. The summed E-state index contributed by atoms with van der Waals surface area (Å²) in [6.45, 7) is 2.34. The number of amides is 11. The predicted molar refractivity (Wildman–Crippen MR) is 336 cm³/mol. The van der Waals surface area contributed by atoms with Crippen LogP contribution in [-0.2, 0) is 76.8 Å². The van der Waals surface area contributed by atoms with E-state index in [2.05, 4.69) is 78.1 Å². The SMILES string of the molecule is CC[C@H](C)[C@H](NC(=O)[C@H](CC(N)=O)NC(=O)[C@H](CO)NC(=O)[C@H](Cc1ccccc1)NC(=O)[C@H](Cc1ccc(O)cc1)NC(=O)[C@H](CCCCN)NC(=O)[C@H](CCC(N)=O)NC(=O)[C@H](N)CS)C(=O)N[C@@H](CS)C(=O)N[C@@H](Cc1c[nH]c2ccccc12)C(=O)O. The summed E-state index contributed by atoms with van der Waals surface area (Å²) in [5.41, 5.74) is 24.6. The molecule has 29 nitrogen and oxygen atoms in total. The van der Waals surface area contributed by atoms with Gasteiger partial charge in [-0.2, -0.15) is 25.3 Å². The highest BCUT2D eigenvalue weighted by Crippen LogP contribution is 2.20. The molecule has 490 valence electrons. The highest BCUT2D eigenvalue weighted by Gasteiger charge is 2.37. The first-order valence-electron chi connectivity index (χ1n) is 29.0. The quantitative estimate of drug-likeness (QED) is 0.0155. The number of aromatic hydroxyl groups is 1. The zero-order chi connectivity index (χ0) is 66.6. The van der Waals surface area contributed by atoms with E-state index in [4.69, 9.17) is 22.9 Å². The number of nitrogens with one attached hydrogen (secondary N) is 10. The van der Waals surface area contributed by atoms with Crippen LogP contribution in [0.25, 0.3) is 10.9 Å². The van der Waals surface area contributed by atoms with Crippen LogP contribution >= 0.6 is 25.3 Å². The molecule has 90 heavy (non-hydrogen) atoms. The molecule has 11 atom stereocenters. The van der Waals surface area contributed by atoms with E-state index in [0.717, 1.165) is 10.9 Å². The van der Waals surface area contributed by atoms with E-state index in [-0.39, 0.29) is 75.2 Å². The maximum atomic E-state index is 14.7. The van der Waals surface area contributed by atoms with Crippen LogP contribution in [0.3, 0.4) is 0 Å². The standard InChI is InChI=1S/C59H82N14O15S2/c1-3-31(2)49(58(86)72-46(30-90)57(85)70-44(59(87)88)25-34-27-64-38-14-8-7-13-36(34)38)73-55(83)43(26-48(63)77)69-56(84)45(28-74)71-54(82)41(23-32-11-5-4-6-12-32)68-53(81)42(24-33-16-18-35(75)19-17-33)67-51(79)39(15-9-10-22-60)66-52(80)40(20-21-47(62)76)65-50(78)37(61)29-89/h4-8,11-14,16-19,27,31,37,39-46,49,64,74-75,89-90H,3,9-10,15,20-26,28-30,60-61H2,1-2H3,(H2,62,76)(H2,63,77)(H,65,78)(H,66,80)(H,67,79)(H,68,81)(H,69,84)(H,70,85)(H,71,82)(H,72,86)(H,73,83)(H,87,88)/t31-,37+,39-,40-,41-,42-,43-,44-,45-,46-,49-/m0/s1. The summed E-state index contributed by atoms with van der Waals surface area (Å²) >= 11 is 8.24. The Bertz CT molecular complexity index is 3120. The summed E-state index contributed by atoms with van der Waals surface area (Å²) in [5.74, 6) is -13.4. The van der Waals surface area contributed by atoms with Crippen molar-refractivity contribution in [3.05, 3.63) is 102 Å². The van der Waals surface area contributed by atoms with Gasteiger partial charge in [0.25, 0.3) is 0 Å². The number of aliphatic carboxylic acids is 1. The molecule has 0 aliphatic carbocycles. The van der Waals surface area contributed by atoms with Crippen molar-refractivity contribution >= 4 is 107 Å². The normalized spacial score (nSPS) is 14.8. The fraction of sp³-hybridized carbons (Fsp3) is 0.458. The number of H-pyrrole nitrogens is 1. The molecule has 0 aliphatic heterocycles. The molecular weight excluding hydrogens is 1210 g/mol. The number of primary amides is 2. The minimum Gasteiger partial charge on any atom is -0.508 e. The molecule has 0 bridgehead atoms. The van der Waals surface area contributed by atoms with Gasteiger partial charge in [0.1, 0.15) is 60.1 Å². The number of hydrogen-bond acceptors (Lipinski definition) is 18. The summed E-state index contributed by atoms with van der Waals surface area (Å²) in [7, 11) is 0. The van der Waals surface area contributed by atoms with Crippen molar-refractivity contribution in [2.45, 2.75) is 138 Å². The zero-order valence-corrected chi connectivity index (χ0v) is 51.6. The van der Waals surface area contributed by atoms with Gasteiger partial charge in [-0.1, -0.05) is 80.9 Å². The fourth-order valence-corrected chi connectivity index (χ4v) is 9.61. The van der Waals surface area contributed by atoms with E-state index in [1.54, 1.807) is 74.6 Å². The van der Waals surface area contributed by atoms with Gasteiger partial charge in [-0.25, -0.2) is 4.79 Å². The van der Waals surface area contributed by atoms with Gasteiger partial charge in [-0.05, 0) is 73.0 Å². The summed E-state index contributed by atoms with van der Waals surface area (Å²) in [6, 6.07) is 5.72. The molecule has 0 radical (unpaired) electrons. The van der Waals surface area contributed by atoms with E-state index in [0.29, 0.717) is 23.1 Å². The van der Waals surface area contributed by atoms with Crippen molar-refractivity contribution in [2.24, 2.45) is 28.9 Å². The van der Waals surface area contributed by atoms with Crippen molar-refractivity contribution in [1.82, 2.24) is 52.8 Å². The smallest absolute Gasteiger partial charge is 0.326 e. The molecule has 0 unspecified atom stereocenters. The topological polar surface area (TPSA) is 494 Å². The molecular formula is C59H82N14O15S2. The van der Waals surface area contributed by atoms with Crippen LogP contribution in [0.5, 0.6) is 5.75 Å². The van der Waals surface area contributed by atoms with Crippen LogP contribution in [0.15, 0.2) is 85.1 Å². The van der Waals surface area contributed by atoms with Gasteiger partial charge < -0.3 is 91.1 Å². The molecule has 0 aliphatic rings. The summed E-state index contributed by atoms with van der Waals surface area (Å²) in [4.78, 5) is 165. The molecule has 31 heteroatoms. The van der Waals surface area contributed by atoms with Gasteiger partial charge in [-0.3, -0.25) is 52.7 Å². The fourth-order valence-electron chi connectivity index (χ4n) is 9.19. The number of aliphatic hydroxyl groups is 1. The van der Waals surface area contributed by atoms with Gasteiger partial charge in [0.15, 0.2) is 0 Å². The lowest BCUT2D eigenvalue weighted by Gasteiger charge is -2.29. The first kappa shape index (κ1) is 73.7. The number of aromatic amines is 1. The van der Waals surface area contributed by atoms with Crippen LogP contribution in [0.2, 0.25) is 0 Å². The number of fused-ring (bicyclic) bond motifs is 1. The lowest BCUT2D eigenvalue weighted by Crippen LogP contribution is -2.62. The van der Waals surface area contributed by atoms with Gasteiger partial charge in [0, 0.05) is 54.3 Å². The molecule has 1 aromatic heterocycles. The first-order valence-corrected chi connectivity index (χ1v) is 30.3. The predicted octanol–water partition coefficient (Wildman–Crippen LogP) is -3.16. The Labute approximate surface area is 530 Å². The minimum absolute atomic E-state index is 0.0439. The molecule has 21 N–H and O–H groups in total. The van der Waals surface area contributed by atoms with Crippen LogP contribution in [0.1, 0.15) is 75.5 Å². The number of phenols is 1. The Hall–Kier alpha value is -8.78. The highest BCUT2D eigenvalue weighted by atomic mass is 32.1. The number of carboxylic acids is 1. The van der Waals surface area contributed by atoms with Crippen LogP contribution in [0.4, 0.5) is 0 Å². The Morgan fingerprint density at radius 1 is 0.533 bits per heavy atom. The zero-order valence-electron chi connectivity index (χ0n) is 49.8. The van der Waals surface area contributed by atoms with E-state index < -0.39 is 150 Å². The average Bonchev–Trinajstić information content (AvgIpc) is 1.69. The number of aromatic nitrogens is 1. The highest BCUT2D eigenvalue weighted by molar-refractivity contribution is 7.80. The summed E-state index contributed by atoms with van der Waals surface area (Å²) in [6.07, 6.45) is 0.332. The molecule has 0 saturated carbocycles. The Kier molecular flexibility index (Phi) is 30.5. The van der Waals surface area contributed by atoms with Crippen molar-refractivity contribution in [2.75, 3.05) is 24.7 Å². The van der Waals surface area contributed by atoms with Crippen molar-refractivity contribution in [3.8, 4) is 5.75 Å². The van der Waals surface area contributed by atoms with E-state index in [1.807, 2.05) is 0 Å². The number of unbranched alkanes of at least 4 members (excludes halogenated alkanes) is 1. The third-order valence-electron chi connectivity index (χ3n) is 14.5. The second-order valence-electron chi connectivity index (χ2n) is 21.4. The third kappa shape index (κ3) is 23.6. The number of carbonyl (C=O) groups excluding carboxylic acids is 11. The molecule has 3 aromatic carbocycles. The number of carbonyl (C=O) groups is 12. The summed E-state index contributed by atoms with van der Waals surface area (Å²) < 4.78 is 0. The monoisotopic (exact) mass is 1290 g/mol. The molecule has 1 heterocycles. The number of thiol groups is 2. The number of benzene rings is 3. The number of aliphatic hydroxyl groups excluding tert-OH is 1. The molecule has 4 rings (SSSR count). The second-order valence-corrected chi connectivity index (χ2v) is 22.2. The third-order valence-corrected chi connectivity index (χ3v) is 15.3. The Morgan fingerprint density at radius 3 is 1.58 bits per heavy atom.